The van der Waals surface area contributed by atoms with E-state index in [1.54, 1.807) is 10.6 Å². The highest BCUT2D eigenvalue weighted by molar-refractivity contribution is 7.99. The molecule has 0 fully saturated rings. The molecule has 0 aliphatic rings. The van der Waals surface area contributed by atoms with Crippen molar-refractivity contribution in [3.05, 3.63) is 70.5 Å². The van der Waals surface area contributed by atoms with Gasteiger partial charge in [-0.25, -0.2) is 4.98 Å². The Morgan fingerprint density at radius 3 is 2.63 bits per heavy atom. The summed E-state index contributed by atoms with van der Waals surface area (Å²) in [5.41, 5.74) is 1.81. The maximum absolute atomic E-state index is 12.7. The molecule has 0 bridgehead atoms. The summed E-state index contributed by atoms with van der Waals surface area (Å²) in [6, 6.07) is 17.4. The van der Waals surface area contributed by atoms with Gasteiger partial charge in [0, 0.05) is 13.1 Å². The highest BCUT2D eigenvalue weighted by Gasteiger charge is 2.12. The summed E-state index contributed by atoms with van der Waals surface area (Å²) < 4.78 is 1.67. The van der Waals surface area contributed by atoms with Gasteiger partial charge < -0.3 is 5.32 Å². The van der Waals surface area contributed by atoms with Crippen LogP contribution < -0.4 is 10.9 Å². The van der Waals surface area contributed by atoms with E-state index in [1.165, 1.54) is 17.3 Å². The molecule has 2 aromatic carbocycles. The number of carbonyl (C=O) groups is 1. The third-order valence-corrected chi connectivity index (χ3v) is 5.16. The molecule has 6 heteroatoms. The SMILES string of the molecule is CCCn1c(SCC(=O)NCCc2ccccc2)nc2ccccc2c1=O. The van der Waals surface area contributed by atoms with Gasteiger partial charge in [0.15, 0.2) is 5.16 Å². The number of carbonyl (C=O) groups excluding carboxylic acids is 1. The maximum atomic E-state index is 12.7. The number of para-hydroxylation sites is 1. The molecule has 1 amide bonds. The predicted octanol–water partition coefficient (Wildman–Crippen LogP) is 3.26. The minimum atomic E-state index is -0.0543. The first kappa shape index (κ1) is 19.2. The van der Waals surface area contributed by atoms with Crippen molar-refractivity contribution >= 4 is 28.6 Å². The van der Waals surface area contributed by atoms with Gasteiger partial charge in [-0.1, -0.05) is 61.2 Å². The van der Waals surface area contributed by atoms with Crippen LogP contribution in [0.3, 0.4) is 0 Å². The topological polar surface area (TPSA) is 64.0 Å². The van der Waals surface area contributed by atoms with Gasteiger partial charge >= 0.3 is 0 Å². The number of amides is 1. The Balaban J connectivity index is 1.64. The van der Waals surface area contributed by atoms with Gasteiger partial charge in [0.05, 0.1) is 16.7 Å². The van der Waals surface area contributed by atoms with Crippen LogP contribution in [0, 0.1) is 0 Å². The van der Waals surface area contributed by atoms with Gasteiger partial charge in [-0.3, -0.25) is 14.2 Å². The molecule has 0 saturated heterocycles. The average Bonchev–Trinajstić information content (AvgIpc) is 2.70. The summed E-state index contributed by atoms with van der Waals surface area (Å²) in [5, 5.41) is 4.14. The number of hydrogen-bond acceptors (Lipinski definition) is 4. The Morgan fingerprint density at radius 1 is 1.11 bits per heavy atom. The van der Waals surface area contributed by atoms with E-state index in [-0.39, 0.29) is 17.2 Å². The van der Waals surface area contributed by atoms with Gasteiger partial charge in [0.2, 0.25) is 5.91 Å². The molecule has 1 aromatic heterocycles. The van der Waals surface area contributed by atoms with Gasteiger partial charge in [-0.15, -0.1) is 0 Å². The molecule has 3 rings (SSSR count). The van der Waals surface area contributed by atoms with E-state index < -0.39 is 0 Å². The van der Waals surface area contributed by atoms with Gasteiger partial charge in [0.25, 0.3) is 5.56 Å². The largest absolute Gasteiger partial charge is 0.355 e. The van der Waals surface area contributed by atoms with Crippen molar-refractivity contribution in [2.75, 3.05) is 12.3 Å². The lowest BCUT2D eigenvalue weighted by molar-refractivity contribution is -0.118. The molecule has 0 atom stereocenters. The minimum absolute atomic E-state index is 0.0468. The van der Waals surface area contributed by atoms with E-state index in [0.717, 1.165) is 12.8 Å². The van der Waals surface area contributed by atoms with E-state index in [9.17, 15) is 9.59 Å². The van der Waals surface area contributed by atoms with Gasteiger partial charge in [-0.05, 0) is 30.5 Å². The molecule has 1 heterocycles. The molecular weight excluding hydrogens is 358 g/mol. The van der Waals surface area contributed by atoms with E-state index >= 15 is 0 Å². The number of aromatic nitrogens is 2. The molecular formula is C21H23N3O2S. The molecule has 5 nitrogen and oxygen atoms in total. The lowest BCUT2D eigenvalue weighted by Gasteiger charge is -2.12. The number of rotatable bonds is 8. The quantitative estimate of drug-likeness (QED) is 0.480. The first-order valence-electron chi connectivity index (χ1n) is 9.12. The van der Waals surface area contributed by atoms with Crippen LogP contribution in [0.4, 0.5) is 0 Å². The van der Waals surface area contributed by atoms with Crippen LogP contribution in [0.15, 0.2) is 64.5 Å². The van der Waals surface area contributed by atoms with E-state index in [2.05, 4.69) is 10.3 Å². The normalized spacial score (nSPS) is 10.9. The van der Waals surface area contributed by atoms with Crippen molar-refractivity contribution < 1.29 is 4.79 Å². The number of nitrogens with one attached hydrogen (secondary N) is 1. The molecule has 0 saturated carbocycles. The number of hydrogen-bond donors (Lipinski definition) is 1. The Kier molecular flexibility index (Phi) is 6.65. The van der Waals surface area contributed by atoms with Crippen molar-refractivity contribution in [2.45, 2.75) is 31.5 Å². The summed E-state index contributed by atoms with van der Waals surface area (Å²) in [7, 11) is 0. The van der Waals surface area contributed by atoms with Crippen LogP contribution in [-0.2, 0) is 17.8 Å². The highest BCUT2D eigenvalue weighted by atomic mass is 32.2. The zero-order valence-corrected chi connectivity index (χ0v) is 16.2. The van der Waals surface area contributed by atoms with E-state index in [0.29, 0.717) is 29.1 Å². The number of benzene rings is 2. The monoisotopic (exact) mass is 381 g/mol. The van der Waals surface area contributed by atoms with Gasteiger partial charge in [0.1, 0.15) is 0 Å². The van der Waals surface area contributed by atoms with Crippen LogP contribution >= 0.6 is 11.8 Å². The zero-order chi connectivity index (χ0) is 19.1. The first-order valence-corrected chi connectivity index (χ1v) is 10.1. The molecule has 3 aromatic rings. The van der Waals surface area contributed by atoms with Crippen LogP contribution in [0.5, 0.6) is 0 Å². The summed E-state index contributed by atoms with van der Waals surface area (Å²) >= 11 is 1.31. The number of nitrogens with zero attached hydrogens (tertiary/aromatic N) is 2. The lowest BCUT2D eigenvalue weighted by atomic mass is 10.1. The molecule has 0 unspecified atom stereocenters. The van der Waals surface area contributed by atoms with Gasteiger partial charge in [-0.2, -0.15) is 0 Å². The fourth-order valence-corrected chi connectivity index (χ4v) is 3.71. The molecule has 0 radical (unpaired) electrons. The highest BCUT2D eigenvalue weighted by Crippen LogP contribution is 2.18. The number of thioether (sulfide) groups is 1. The second kappa shape index (κ2) is 9.37. The lowest BCUT2D eigenvalue weighted by Crippen LogP contribution is -2.28. The standard InChI is InChI=1S/C21H23N3O2S/c1-2-14-24-20(26)17-10-6-7-11-18(17)23-21(24)27-15-19(25)22-13-12-16-8-4-3-5-9-16/h3-11H,2,12-15H2,1H3,(H,22,25). The molecule has 140 valence electrons. The van der Waals surface area contributed by atoms with Crippen molar-refractivity contribution in [2.24, 2.45) is 0 Å². The predicted molar refractivity (Wildman–Crippen MR) is 110 cm³/mol. The van der Waals surface area contributed by atoms with Crippen molar-refractivity contribution in [3.8, 4) is 0 Å². The van der Waals surface area contributed by atoms with E-state index in [1.807, 2.05) is 55.5 Å². The summed E-state index contributed by atoms with van der Waals surface area (Å²) in [5.74, 6) is 0.185. The third kappa shape index (κ3) is 4.98. The van der Waals surface area contributed by atoms with Crippen molar-refractivity contribution in [1.82, 2.24) is 14.9 Å². The second-order valence-corrected chi connectivity index (χ2v) is 7.19. The maximum Gasteiger partial charge on any atom is 0.262 e. The third-order valence-electron chi connectivity index (χ3n) is 4.18. The molecule has 0 aliphatic carbocycles. The molecule has 27 heavy (non-hydrogen) atoms. The van der Waals surface area contributed by atoms with Crippen molar-refractivity contribution in [1.29, 1.82) is 0 Å². The van der Waals surface area contributed by atoms with Crippen LogP contribution in [0.2, 0.25) is 0 Å². The van der Waals surface area contributed by atoms with Crippen molar-refractivity contribution in [3.63, 3.8) is 0 Å². The first-order chi connectivity index (χ1) is 13.2. The van der Waals surface area contributed by atoms with Crippen LogP contribution in [0.25, 0.3) is 10.9 Å². The van der Waals surface area contributed by atoms with Crippen LogP contribution in [0.1, 0.15) is 18.9 Å². The second-order valence-electron chi connectivity index (χ2n) is 6.24. The number of fused-ring (bicyclic) bond motifs is 1. The Labute approximate surface area is 162 Å². The zero-order valence-electron chi connectivity index (χ0n) is 15.4. The average molecular weight is 382 g/mol. The Hall–Kier alpha value is -2.60. The fraction of sp³-hybridized carbons (Fsp3) is 0.286. The summed E-state index contributed by atoms with van der Waals surface area (Å²) in [6.07, 6.45) is 1.63. The Morgan fingerprint density at radius 2 is 1.85 bits per heavy atom. The Bertz CT molecular complexity index is 970. The smallest absolute Gasteiger partial charge is 0.262 e. The summed E-state index contributed by atoms with van der Waals surface area (Å²) in [4.78, 5) is 29.5. The van der Waals surface area contributed by atoms with Crippen LogP contribution in [-0.4, -0.2) is 27.8 Å². The summed E-state index contributed by atoms with van der Waals surface area (Å²) in [6.45, 7) is 3.21. The molecule has 0 spiro atoms. The molecule has 1 N–H and O–H groups in total. The fourth-order valence-electron chi connectivity index (χ4n) is 2.85. The van der Waals surface area contributed by atoms with E-state index in [4.69, 9.17) is 0 Å². The molecule has 0 aliphatic heterocycles. The minimum Gasteiger partial charge on any atom is -0.355 e.